The van der Waals surface area contributed by atoms with E-state index in [4.69, 9.17) is 33.8 Å². The minimum atomic E-state index is -0.403. The van der Waals surface area contributed by atoms with Crippen LogP contribution in [0.3, 0.4) is 0 Å². The Morgan fingerprint density at radius 3 is 2.19 bits per heavy atom. The summed E-state index contributed by atoms with van der Waals surface area (Å²) < 4.78 is 28.5. The number of carbonyl (C=O) groups excluding carboxylic acids is 4. The van der Waals surface area contributed by atoms with Gasteiger partial charge in [-0.2, -0.15) is 5.10 Å². The second kappa shape index (κ2) is 22.9. The monoisotopic (exact) mass is 797 g/mol. The standard InChI is InChI=1S/C44H51N3O9S/c1-3-5-6-11-26-47(44-46-38-14-9-10-15-40(38)57-44)45-30-34-29-37(54-31-48)24-25-39(34)56-43(51)33-18-16-32(17-19-33)42(50)55-36-22-20-35(21-23-36)52-27-12-7-8-13-28-53-41(49)4-2/h4,9-10,14-15,20-25,29-33H,2-3,5-8,11-13,16-19,26-28H2,1H3/b45-30+/t32-,33-. The normalized spacial score (nSPS) is 15.2. The van der Waals surface area contributed by atoms with Crippen LogP contribution in [-0.4, -0.2) is 55.3 Å². The van der Waals surface area contributed by atoms with E-state index in [0.717, 1.165) is 72.8 Å². The Bertz CT molecular complexity index is 1920. The van der Waals surface area contributed by atoms with E-state index < -0.39 is 17.9 Å². The molecule has 1 saturated carbocycles. The van der Waals surface area contributed by atoms with Gasteiger partial charge in [-0.15, -0.1) is 0 Å². The van der Waals surface area contributed by atoms with Crippen LogP contribution in [0.2, 0.25) is 0 Å². The van der Waals surface area contributed by atoms with Crippen molar-refractivity contribution in [2.24, 2.45) is 16.9 Å². The van der Waals surface area contributed by atoms with Crippen LogP contribution in [0.15, 0.2) is 84.5 Å². The molecule has 3 aromatic carbocycles. The zero-order valence-corrected chi connectivity index (χ0v) is 33.3. The maximum atomic E-state index is 13.5. The van der Waals surface area contributed by atoms with Gasteiger partial charge in [0.1, 0.15) is 23.0 Å². The number of thiazole rings is 1. The molecule has 0 N–H and O–H groups in total. The highest BCUT2D eigenvalue weighted by molar-refractivity contribution is 7.22. The summed E-state index contributed by atoms with van der Waals surface area (Å²) in [5, 5.41) is 7.41. The summed E-state index contributed by atoms with van der Waals surface area (Å²) in [7, 11) is 0. The van der Waals surface area contributed by atoms with E-state index in [9.17, 15) is 19.2 Å². The molecule has 0 aliphatic heterocycles. The number of rotatable bonds is 23. The lowest BCUT2D eigenvalue weighted by Crippen LogP contribution is -2.30. The lowest BCUT2D eigenvalue weighted by molar-refractivity contribution is -0.145. The number of hydrogen-bond acceptors (Lipinski definition) is 13. The lowest BCUT2D eigenvalue weighted by atomic mass is 9.82. The Hall–Kier alpha value is -5.56. The maximum absolute atomic E-state index is 13.5. The van der Waals surface area contributed by atoms with Gasteiger partial charge >= 0.3 is 17.9 Å². The number of carbonyl (C=O) groups is 4. The van der Waals surface area contributed by atoms with Crippen molar-refractivity contribution in [3.8, 4) is 23.0 Å². The SMILES string of the molecule is C=CC(=O)OCCCCCCOc1ccc(OC(=O)[C@H]2CC[C@H](C(=O)Oc3ccc(OC=O)cc3/C=N/N(CCCCCC)c3nc4ccccc4s3)CC2)cc1. The first-order valence-electron chi connectivity index (χ1n) is 19.7. The van der Waals surface area contributed by atoms with Crippen LogP contribution in [0, 0.1) is 11.8 Å². The number of hydrogen-bond donors (Lipinski definition) is 0. The molecule has 0 bridgehead atoms. The van der Waals surface area contributed by atoms with E-state index in [1.54, 1.807) is 60.0 Å². The predicted octanol–water partition coefficient (Wildman–Crippen LogP) is 9.24. The first kappa shape index (κ1) is 42.6. The molecule has 1 heterocycles. The zero-order chi connectivity index (χ0) is 40.2. The third kappa shape index (κ3) is 13.6. The Morgan fingerprint density at radius 1 is 0.825 bits per heavy atom. The topological polar surface area (TPSA) is 143 Å². The summed E-state index contributed by atoms with van der Waals surface area (Å²) in [6.45, 7) is 7.48. The number of benzene rings is 3. The molecule has 0 spiro atoms. The molecular formula is C44H51N3O9S. The van der Waals surface area contributed by atoms with Crippen molar-refractivity contribution in [2.45, 2.75) is 84.0 Å². The van der Waals surface area contributed by atoms with Gasteiger partial charge < -0.3 is 23.7 Å². The Labute approximate surface area is 337 Å². The minimum absolute atomic E-state index is 0.287. The van der Waals surface area contributed by atoms with Crippen molar-refractivity contribution < 1.29 is 42.9 Å². The number of unbranched alkanes of at least 4 members (excludes halogenated alkanes) is 6. The molecule has 1 fully saturated rings. The van der Waals surface area contributed by atoms with E-state index in [1.165, 1.54) is 0 Å². The van der Waals surface area contributed by atoms with Gasteiger partial charge in [0.2, 0.25) is 5.13 Å². The van der Waals surface area contributed by atoms with E-state index in [0.29, 0.717) is 69.0 Å². The molecule has 0 radical (unpaired) electrons. The van der Waals surface area contributed by atoms with Gasteiger partial charge in [0.15, 0.2) is 0 Å². The van der Waals surface area contributed by atoms with E-state index >= 15 is 0 Å². The van der Waals surface area contributed by atoms with Crippen molar-refractivity contribution >= 4 is 57.3 Å². The lowest BCUT2D eigenvalue weighted by Gasteiger charge is -2.26. The highest BCUT2D eigenvalue weighted by Gasteiger charge is 2.32. The Kier molecular flexibility index (Phi) is 17.1. The van der Waals surface area contributed by atoms with Crippen molar-refractivity contribution in [1.82, 2.24) is 4.98 Å². The molecule has 4 aromatic rings. The predicted molar refractivity (Wildman–Crippen MR) is 220 cm³/mol. The average molecular weight is 798 g/mol. The number of hydrazone groups is 1. The molecule has 1 aliphatic carbocycles. The number of para-hydroxylation sites is 1. The molecule has 302 valence electrons. The second-order valence-electron chi connectivity index (χ2n) is 13.8. The Morgan fingerprint density at radius 2 is 1.49 bits per heavy atom. The molecule has 5 rings (SSSR count). The fourth-order valence-corrected chi connectivity index (χ4v) is 7.33. The highest BCUT2D eigenvalue weighted by Crippen LogP contribution is 2.33. The van der Waals surface area contributed by atoms with Crippen molar-refractivity contribution in [3.05, 3.63) is 84.9 Å². The summed E-state index contributed by atoms with van der Waals surface area (Å²) >= 11 is 1.55. The summed E-state index contributed by atoms with van der Waals surface area (Å²) in [5.41, 5.74) is 1.37. The van der Waals surface area contributed by atoms with Gasteiger partial charge in [0.05, 0.1) is 41.5 Å². The van der Waals surface area contributed by atoms with Crippen molar-refractivity contribution in [3.63, 3.8) is 0 Å². The smallest absolute Gasteiger partial charge is 0.330 e. The van der Waals surface area contributed by atoms with Crippen molar-refractivity contribution in [2.75, 3.05) is 24.8 Å². The molecule has 0 atom stereocenters. The van der Waals surface area contributed by atoms with Crippen LogP contribution < -0.4 is 24.0 Å². The number of fused-ring (bicyclic) bond motifs is 1. The first-order chi connectivity index (χ1) is 27.9. The summed E-state index contributed by atoms with van der Waals surface area (Å²) in [6.07, 6.45) is 12.5. The molecule has 1 aliphatic rings. The van der Waals surface area contributed by atoms with Gasteiger partial charge in [-0.3, -0.25) is 14.4 Å². The summed E-state index contributed by atoms with van der Waals surface area (Å²) in [4.78, 5) is 53.5. The fourth-order valence-electron chi connectivity index (χ4n) is 6.38. The van der Waals surface area contributed by atoms with Crippen LogP contribution in [-0.2, 0) is 23.9 Å². The zero-order valence-electron chi connectivity index (χ0n) is 32.5. The number of ether oxygens (including phenoxy) is 5. The number of nitrogens with zero attached hydrogens (tertiary/aromatic N) is 3. The Balaban J connectivity index is 1.11. The third-order valence-electron chi connectivity index (χ3n) is 9.59. The molecule has 57 heavy (non-hydrogen) atoms. The van der Waals surface area contributed by atoms with Crippen LogP contribution >= 0.6 is 11.3 Å². The minimum Gasteiger partial charge on any atom is -0.494 e. The molecule has 1 aromatic heterocycles. The molecular weight excluding hydrogens is 747 g/mol. The van der Waals surface area contributed by atoms with Gasteiger partial charge in [-0.05, 0) is 112 Å². The molecule has 0 saturated heterocycles. The van der Waals surface area contributed by atoms with Crippen LogP contribution in [0.1, 0.15) is 89.5 Å². The largest absolute Gasteiger partial charge is 0.494 e. The van der Waals surface area contributed by atoms with Crippen molar-refractivity contribution in [1.29, 1.82) is 0 Å². The third-order valence-corrected chi connectivity index (χ3v) is 10.6. The van der Waals surface area contributed by atoms with E-state index in [-0.39, 0.29) is 23.4 Å². The highest BCUT2D eigenvalue weighted by atomic mass is 32.1. The molecule has 0 unspecified atom stereocenters. The van der Waals surface area contributed by atoms with Crippen LogP contribution in [0.4, 0.5) is 5.13 Å². The second-order valence-corrected chi connectivity index (χ2v) is 14.8. The number of anilines is 1. The van der Waals surface area contributed by atoms with Crippen LogP contribution in [0.5, 0.6) is 23.0 Å². The molecule has 0 amide bonds. The average Bonchev–Trinajstić information content (AvgIpc) is 3.67. The maximum Gasteiger partial charge on any atom is 0.330 e. The summed E-state index contributed by atoms with van der Waals surface area (Å²) in [5.74, 6) is -0.166. The molecule has 13 heteroatoms. The van der Waals surface area contributed by atoms with Crippen LogP contribution in [0.25, 0.3) is 10.2 Å². The van der Waals surface area contributed by atoms with Gasteiger partial charge in [0, 0.05) is 18.2 Å². The van der Waals surface area contributed by atoms with Gasteiger partial charge in [0.25, 0.3) is 6.47 Å². The quantitative estimate of drug-likeness (QED) is 0.0135. The van der Waals surface area contributed by atoms with E-state index in [1.807, 2.05) is 29.3 Å². The fraction of sp³-hybridized carbons (Fsp3) is 0.409. The number of aromatic nitrogens is 1. The summed E-state index contributed by atoms with van der Waals surface area (Å²) in [6, 6.07) is 19.7. The first-order valence-corrected chi connectivity index (χ1v) is 20.5. The molecule has 12 nitrogen and oxygen atoms in total. The van der Waals surface area contributed by atoms with Gasteiger partial charge in [-0.1, -0.05) is 56.2 Å². The number of esters is 3. The van der Waals surface area contributed by atoms with E-state index in [2.05, 4.69) is 13.5 Å². The van der Waals surface area contributed by atoms with Gasteiger partial charge in [-0.25, -0.2) is 14.8 Å².